The van der Waals surface area contributed by atoms with Crippen molar-refractivity contribution in [3.8, 4) is 5.75 Å². The Bertz CT molecular complexity index is 803. The molecule has 0 aliphatic heterocycles. The number of ether oxygens (including phenoxy) is 2. The molecule has 0 radical (unpaired) electrons. The van der Waals surface area contributed by atoms with Crippen LogP contribution in [0.5, 0.6) is 5.75 Å². The molecule has 1 aliphatic carbocycles. The molecule has 1 aromatic carbocycles. The van der Waals surface area contributed by atoms with Gasteiger partial charge in [0.05, 0.1) is 31.2 Å². The average Bonchev–Trinajstić information content (AvgIpc) is 3.45. The van der Waals surface area contributed by atoms with Crippen molar-refractivity contribution in [3.05, 3.63) is 35.5 Å². The van der Waals surface area contributed by atoms with Crippen LogP contribution in [0.4, 0.5) is 17.5 Å². The Labute approximate surface area is 153 Å². The first-order valence-corrected chi connectivity index (χ1v) is 8.69. The van der Waals surface area contributed by atoms with Gasteiger partial charge >= 0.3 is 5.97 Å². The summed E-state index contributed by atoms with van der Waals surface area (Å²) in [6.07, 6.45) is 2.30. The van der Waals surface area contributed by atoms with Crippen LogP contribution in [0.25, 0.3) is 0 Å². The predicted octanol–water partition coefficient (Wildman–Crippen LogP) is 3.71. The lowest BCUT2D eigenvalue weighted by Crippen LogP contribution is -2.14. The van der Waals surface area contributed by atoms with Gasteiger partial charge in [-0.3, -0.25) is 0 Å². The summed E-state index contributed by atoms with van der Waals surface area (Å²) in [5.41, 5.74) is 2.10. The van der Waals surface area contributed by atoms with Gasteiger partial charge in [0.15, 0.2) is 0 Å². The molecule has 0 amide bonds. The predicted molar refractivity (Wildman–Crippen MR) is 100 cm³/mol. The number of esters is 1. The van der Waals surface area contributed by atoms with Crippen LogP contribution in [0.1, 0.15) is 48.7 Å². The number of benzene rings is 1. The number of rotatable bonds is 7. The van der Waals surface area contributed by atoms with Crippen LogP contribution in [0, 0.1) is 0 Å². The Kier molecular flexibility index (Phi) is 5.25. The number of methoxy groups -OCH3 is 2. The fourth-order valence-electron chi connectivity index (χ4n) is 2.63. The Hall–Kier alpha value is -2.83. The van der Waals surface area contributed by atoms with Crippen LogP contribution >= 0.6 is 0 Å². The van der Waals surface area contributed by atoms with E-state index in [2.05, 4.69) is 20.6 Å². The van der Waals surface area contributed by atoms with E-state index in [9.17, 15) is 4.79 Å². The van der Waals surface area contributed by atoms with Crippen molar-refractivity contribution in [1.82, 2.24) is 9.97 Å². The van der Waals surface area contributed by atoms with Crippen LogP contribution in [-0.4, -0.2) is 36.2 Å². The molecule has 3 rings (SSSR count). The first kappa shape index (κ1) is 18.0. The van der Waals surface area contributed by atoms with Crippen LogP contribution in [0.2, 0.25) is 0 Å². The normalized spacial score (nSPS) is 13.4. The van der Waals surface area contributed by atoms with Gasteiger partial charge in [-0.25, -0.2) is 9.78 Å². The Morgan fingerprint density at radius 2 is 1.96 bits per heavy atom. The van der Waals surface area contributed by atoms with E-state index in [4.69, 9.17) is 9.47 Å². The molecule has 0 spiro atoms. The SMILES string of the molecule is COC(=O)c1ccc(OC)c(Nc2cc(C3CC3)nc(NC(C)C)n2)c1. The number of aromatic nitrogens is 2. The molecule has 0 saturated heterocycles. The van der Waals surface area contributed by atoms with E-state index in [-0.39, 0.29) is 6.04 Å². The summed E-state index contributed by atoms with van der Waals surface area (Å²) in [5, 5.41) is 6.51. The van der Waals surface area contributed by atoms with E-state index in [0.717, 1.165) is 18.5 Å². The first-order valence-electron chi connectivity index (χ1n) is 8.69. The maximum atomic E-state index is 11.8. The molecule has 7 heteroatoms. The minimum atomic E-state index is -0.403. The summed E-state index contributed by atoms with van der Waals surface area (Å²) in [4.78, 5) is 21.0. The van der Waals surface area contributed by atoms with Crippen LogP contribution in [-0.2, 0) is 4.74 Å². The van der Waals surface area contributed by atoms with Crippen LogP contribution in [0.15, 0.2) is 24.3 Å². The molecule has 0 unspecified atom stereocenters. The zero-order chi connectivity index (χ0) is 18.7. The molecule has 1 fully saturated rings. The Morgan fingerprint density at radius 3 is 2.58 bits per heavy atom. The third kappa shape index (κ3) is 4.22. The van der Waals surface area contributed by atoms with E-state index in [1.807, 2.05) is 19.9 Å². The largest absolute Gasteiger partial charge is 0.495 e. The highest BCUT2D eigenvalue weighted by Crippen LogP contribution is 2.40. The highest BCUT2D eigenvalue weighted by atomic mass is 16.5. The van der Waals surface area contributed by atoms with Gasteiger partial charge in [0.1, 0.15) is 11.6 Å². The van der Waals surface area contributed by atoms with Gasteiger partial charge in [0.2, 0.25) is 5.95 Å². The van der Waals surface area contributed by atoms with E-state index in [1.54, 1.807) is 25.3 Å². The number of nitrogens with one attached hydrogen (secondary N) is 2. The van der Waals surface area contributed by atoms with Crippen LogP contribution < -0.4 is 15.4 Å². The molecule has 26 heavy (non-hydrogen) atoms. The summed E-state index contributed by atoms with van der Waals surface area (Å²) in [6.45, 7) is 4.09. The molecule has 138 valence electrons. The number of nitrogens with zero attached hydrogens (tertiary/aromatic N) is 2. The Balaban J connectivity index is 1.94. The van der Waals surface area contributed by atoms with Crippen molar-refractivity contribution in [2.45, 2.75) is 38.6 Å². The van der Waals surface area contributed by atoms with Crippen molar-refractivity contribution in [2.24, 2.45) is 0 Å². The summed E-state index contributed by atoms with van der Waals surface area (Å²) in [7, 11) is 2.94. The number of carbonyl (C=O) groups excluding carboxylic acids is 1. The minimum Gasteiger partial charge on any atom is -0.495 e. The Morgan fingerprint density at radius 1 is 1.19 bits per heavy atom. The summed E-state index contributed by atoms with van der Waals surface area (Å²) in [5.74, 6) is 1.96. The lowest BCUT2D eigenvalue weighted by molar-refractivity contribution is 0.0601. The molecule has 0 atom stereocenters. The van der Waals surface area contributed by atoms with Gasteiger partial charge < -0.3 is 20.1 Å². The fourth-order valence-corrected chi connectivity index (χ4v) is 2.63. The first-order chi connectivity index (χ1) is 12.5. The average molecular weight is 356 g/mol. The summed E-state index contributed by atoms with van der Waals surface area (Å²) >= 11 is 0. The van der Waals surface area contributed by atoms with Gasteiger partial charge in [-0.15, -0.1) is 0 Å². The third-order valence-electron chi connectivity index (χ3n) is 4.04. The van der Waals surface area contributed by atoms with Gasteiger partial charge in [0.25, 0.3) is 0 Å². The van der Waals surface area contributed by atoms with E-state index in [1.165, 1.54) is 7.11 Å². The van der Waals surface area contributed by atoms with Crippen molar-refractivity contribution >= 4 is 23.4 Å². The topological polar surface area (TPSA) is 85.4 Å². The lowest BCUT2D eigenvalue weighted by atomic mass is 10.2. The molecule has 7 nitrogen and oxygen atoms in total. The molecule has 1 saturated carbocycles. The van der Waals surface area contributed by atoms with Gasteiger partial charge in [-0.2, -0.15) is 4.98 Å². The van der Waals surface area contributed by atoms with Gasteiger partial charge in [0, 0.05) is 18.0 Å². The maximum absolute atomic E-state index is 11.8. The fraction of sp³-hybridized carbons (Fsp3) is 0.421. The smallest absolute Gasteiger partial charge is 0.337 e. The van der Waals surface area contributed by atoms with E-state index in [0.29, 0.717) is 34.7 Å². The molecular formula is C19H24N4O3. The van der Waals surface area contributed by atoms with E-state index < -0.39 is 5.97 Å². The second-order valence-corrected chi connectivity index (χ2v) is 6.61. The maximum Gasteiger partial charge on any atom is 0.337 e. The van der Waals surface area contributed by atoms with Gasteiger partial charge in [-0.1, -0.05) is 0 Å². The molecule has 0 bridgehead atoms. The standard InChI is InChI=1S/C19H24N4O3/c1-11(2)20-19-22-14(12-5-6-12)10-17(23-19)21-15-9-13(18(24)26-4)7-8-16(15)25-3/h7-12H,5-6H2,1-4H3,(H2,20,21,22,23). The molecule has 1 heterocycles. The molecule has 1 aromatic heterocycles. The molecule has 2 aromatic rings. The monoisotopic (exact) mass is 356 g/mol. The zero-order valence-corrected chi connectivity index (χ0v) is 15.5. The zero-order valence-electron chi connectivity index (χ0n) is 15.5. The highest BCUT2D eigenvalue weighted by Gasteiger charge is 2.26. The molecule has 2 N–H and O–H groups in total. The lowest BCUT2D eigenvalue weighted by Gasteiger charge is -2.15. The third-order valence-corrected chi connectivity index (χ3v) is 4.04. The van der Waals surface area contributed by atoms with E-state index >= 15 is 0 Å². The van der Waals surface area contributed by atoms with Crippen molar-refractivity contribution in [3.63, 3.8) is 0 Å². The van der Waals surface area contributed by atoms with Crippen molar-refractivity contribution in [1.29, 1.82) is 0 Å². The molecular weight excluding hydrogens is 332 g/mol. The number of anilines is 3. The number of hydrogen-bond acceptors (Lipinski definition) is 7. The number of carbonyl (C=O) groups is 1. The summed E-state index contributed by atoms with van der Waals surface area (Å²) in [6, 6.07) is 7.27. The second kappa shape index (κ2) is 7.59. The second-order valence-electron chi connectivity index (χ2n) is 6.61. The summed E-state index contributed by atoms with van der Waals surface area (Å²) < 4.78 is 10.2. The van der Waals surface area contributed by atoms with Gasteiger partial charge in [-0.05, 0) is 44.9 Å². The van der Waals surface area contributed by atoms with Crippen molar-refractivity contribution in [2.75, 3.05) is 24.9 Å². The number of hydrogen-bond donors (Lipinski definition) is 2. The minimum absolute atomic E-state index is 0.231. The molecule has 1 aliphatic rings. The highest BCUT2D eigenvalue weighted by molar-refractivity contribution is 5.91. The van der Waals surface area contributed by atoms with Crippen LogP contribution in [0.3, 0.4) is 0 Å². The quantitative estimate of drug-likeness (QED) is 0.731. The van der Waals surface area contributed by atoms with Crippen molar-refractivity contribution < 1.29 is 14.3 Å².